The van der Waals surface area contributed by atoms with Crippen LogP contribution in [0.5, 0.6) is 0 Å². The molecule has 0 aromatic carbocycles. The minimum absolute atomic E-state index is 0.000353. The fraction of sp³-hybridized carbons (Fsp3) is 0.667. The number of carbonyl (C=O) groups is 5. The van der Waals surface area contributed by atoms with E-state index >= 15 is 0 Å². The number of carboxylic acid groups (broad SMARTS) is 2. The molecule has 0 aromatic rings. The molecule has 0 heterocycles. The van der Waals surface area contributed by atoms with Gasteiger partial charge in [0.15, 0.2) is 5.96 Å². The van der Waals surface area contributed by atoms with Gasteiger partial charge in [0.05, 0.1) is 6.54 Å². The van der Waals surface area contributed by atoms with Gasteiger partial charge in [0.2, 0.25) is 17.7 Å². The maximum absolute atomic E-state index is 12.7. The van der Waals surface area contributed by atoms with E-state index in [1.807, 2.05) is 6.26 Å². The first-order valence-electron chi connectivity index (χ1n) is 10.1. The molecule has 0 saturated carbocycles. The number of thioether (sulfide) groups is 1. The third kappa shape index (κ3) is 13.8. The van der Waals surface area contributed by atoms with Crippen molar-refractivity contribution in [3.8, 4) is 0 Å². The highest BCUT2D eigenvalue weighted by Gasteiger charge is 2.29. The van der Waals surface area contributed by atoms with Crippen LogP contribution in [0, 0.1) is 0 Å². The van der Waals surface area contributed by atoms with E-state index in [4.69, 9.17) is 22.3 Å². The average Bonchev–Trinajstić information content (AvgIpc) is 2.74. The van der Waals surface area contributed by atoms with E-state index in [-0.39, 0.29) is 44.7 Å². The molecule has 0 spiro atoms. The van der Waals surface area contributed by atoms with E-state index in [2.05, 4.69) is 20.9 Å². The number of aliphatic imine (C=N–C) groups is 1. The first-order chi connectivity index (χ1) is 15.5. The molecule has 0 rings (SSSR count). The lowest BCUT2D eigenvalue weighted by molar-refractivity contribution is -0.143. The van der Waals surface area contributed by atoms with Gasteiger partial charge in [-0.25, -0.2) is 4.79 Å². The van der Waals surface area contributed by atoms with Crippen molar-refractivity contribution in [1.29, 1.82) is 0 Å². The molecule has 0 aliphatic heterocycles. The lowest BCUT2D eigenvalue weighted by atomic mass is 10.1. The zero-order valence-corrected chi connectivity index (χ0v) is 19.2. The molecule has 0 aromatic heterocycles. The third-order valence-electron chi connectivity index (χ3n) is 4.29. The van der Waals surface area contributed by atoms with Crippen LogP contribution in [0.15, 0.2) is 4.99 Å². The molecule has 3 unspecified atom stereocenters. The minimum atomic E-state index is -1.33. The van der Waals surface area contributed by atoms with Crippen molar-refractivity contribution in [3.05, 3.63) is 0 Å². The largest absolute Gasteiger partial charge is 0.481 e. The Morgan fingerprint density at radius 1 is 0.909 bits per heavy atom. The van der Waals surface area contributed by atoms with Gasteiger partial charge in [-0.3, -0.25) is 24.2 Å². The second-order valence-corrected chi connectivity index (χ2v) is 7.93. The van der Waals surface area contributed by atoms with Gasteiger partial charge in [-0.2, -0.15) is 11.8 Å². The van der Waals surface area contributed by atoms with Crippen molar-refractivity contribution in [3.63, 3.8) is 0 Å². The van der Waals surface area contributed by atoms with Crippen LogP contribution >= 0.6 is 11.8 Å². The Morgan fingerprint density at radius 3 is 1.97 bits per heavy atom. The summed E-state index contributed by atoms with van der Waals surface area (Å²) in [5.41, 5.74) is 15.7. The smallest absolute Gasteiger partial charge is 0.326 e. The lowest BCUT2D eigenvalue weighted by Gasteiger charge is -2.24. The Morgan fingerprint density at radius 2 is 1.48 bits per heavy atom. The molecule has 15 heteroatoms. The fourth-order valence-corrected chi connectivity index (χ4v) is 3.07. The Kier molecular flexibility index (Phi) is 15.0. The Bertz CT molecular complexity index is 716. The van der Waals surface area contributed by atoms with Crippen LogP contribution in [0.2, 0.25) is 0 Å². The van der Waals surface area contributed by atoms with Gasteiger partial charge in [0.1, 0.15) is 18.1 Å². The number of guanidine groups is 1. The van der Waals surface area contributed by atoms with Crippen LogP contribution in [0.3, 0.4) is 0 Å². The summed E-state index contributed by atoms with van der Waals surface area (Å²) in [6.07, 6.45) is 1.57. The molecule has 33 heavy (non-hydrogen) atoms. The highest BCUT2D eigenvalue weighted by atomic mass is 32.2. The molecular weight excluding hydrogens is 458 g/mol. The van der Waals surface area contributed by atoms with E-state index < -0.39 is 54.2 Å². The normalized spacial score (nSPS) is 13.2. The molecule has 3 amide bonds. The number of amides is 3. The van der Waals surface area contributed by atoms with Crippen LogP contribution in [-0.4, -0.2) is 89.1 Å². The first-order valence-corrected chi connectivity index (χ1v) is 11.5. The maximum atomic E-state index is 12.7. The summed E-state index contributed by atoms with van der Waals surface area (Å²) < 4.78 is 0. The summed E-state index contributed by atoms with van der Waals surface area (Å²) in [4.78, 5) is 63.3. The van der Waals surface area contributed by atoms with Gasteiger partial charge >= 0.3 is 11.9 Å². The Hall–Kier alpha value is -3.07. The van der Waals surface area contributed by atoms with Gasteiger partial charge in [-0.1, -0.05) is 0 Å². The molecular formula is C18H33N7O7S. The summed E-state index contributed by atoms with van der Waals surface area (Å²) in [5.74, 6) is -4.31. The molecule has 188 valence electrons. The molecule has 0 saturated heterocycles. The average molecular weight is 492 g/mol. The molecule has 14 nitrogen and oxygen atoms in total. The quantitative estimate of drug-likeness (QED) is 0.0584. The van der Waals surface area contributed by atoms with Crippen LogP contribution in [0.25, 0.3) is 0 Å². The zero-order chi connectivity index (χ0) is 25.4. The van der Waals surface area contributed by atoms with Crippen molar-refractivity contribution in [2.75, 3.05) is 25.1 Å². The second kappa shape index (κ2) is 16.5. The topological polar surface area (TPSA) is 252 Å². The number of hydrogen-bond donors (Lipinski definition) is 8. The Balaban J connectivity index is 5.34. The van der Waals surface area contributed by atoms with Crippen molar-refractivity contribution in [2.45, 2.75) is 50.2 Å². The number of nitrogens with one attached hydrogen (secondary N) is 3. The maximum Gasteiger partial charge on any atom is 0.326 e. The predicted octanol–water partition coefficient (Wildman–Crippen LogP) is -2.84. The van der Waals surface area contributed by atoms with Gasteiger partial charge < -0.3 is 43.4 Å². The van der Waals surface area contributed by atoms with Crippen molar-refractivity contribution in [2.24, 2.45) is 22.2 Å². The summed E-state index contributed by atoms with van der Waals surface area (Å²) in [6, 6.07) is -3.64. The summed E-state index contributed by atoms with van der Waals surface area (Å²) in [6.45, 7) is -0.189. The molecule has 0 radical (unpaired) electrons. The standard InChI is InChI=1S/C18H33N7O7S/c1-33-8-6-11(23-13(26)9-19)16(30)24-10(4-5-14(27)28)15(29)25-12(17(31)32)3-2-7-22-18(20)21/h10-12H,2-9,19H2,1H3,(H,23,26)(H,24,30)(H,25,29)(H,27,28)(H,31,32)(H4,20,21,22). The first kappa shape index (κ1) is 29.9. The van der Waals surface area contributed by atoms with Gasteiger partial charge in [0, 0.05) is 13.0 Å². The van der Waals surface area contributed by atoms with E-state index in [1.165, 1.54) is 11.8 Å². The molecule has 0 aliphatic rings. The number of nitrogens with two attached hydrogens (primary N) is 3. The highest BCUT2D eigenvalue weighted by molar-refractivity contribution is 7.98. The molecule has 3 atom stereocenters. The molecule has 11 N–H and O–H groups in total. The molecule has 0 bridgehead atoms. The Labute approximate surface area is 195 Å². The number of aliphatic carboxylic acids is 2. The van der Waals surface area contributed by atoms with Gasteiger partial charge in [-0.05, 0) is 37.7 Å². The van der Waals surface area contributed by atoms with Crippen LogP contribution in [0.1, 0.15) is 32.1 Å². The second-order valence-electron chi connectivity index (χ2n) is 6.95. The SMILES string of the molecule is CSCCC(NC(=O)CN)C(=O)NC(CCC(=O)O)C(=O)NC(CCCN=C(N)N)C(=O)O. The lowest BCUT2D eigenvalue weighted by Crippen LogP contribution is -2.56. The van der Waals surface area contributed by atoms with Gasteiger partial charge in [0.25, 0.3) is 0 Å². The zero-order valence-electron chi connectivity index (χ0n) is 18.4. The van der Waals surface area contributed by atoms with E-state index in [1.54, 1.807) is 0 Å². The number of rotatable bonds is 17. The summed E-state index contributed by atoms with van der Waals surface area (Å²) in [7, 11) is 0. The predicted molar refractivity (Wildman–Crippen MR) is 122 cm³/mol. The van der Waals surface area contributed by atoms with Crippen LogP contribution in [0.4, 0.5) is 0 Å². The van der Waals surface area contributed by atoms with Gasteiger partial charge in [-0.15, -0.1) is 0 Å². The summed E-state index contributed by atoms with van der Waals surface area (Å²) >= 11 is 1.43. The molecule has 0 fully saturated rings. The van der Waals surface area contributed by atoms with Crippen molar-refractivity contribution >= 4 is 47.4 Å². The van der Waals surface area contributed by atoms with Crippen LogP contribution < -0.4 is 33.2 Å². The van der Waals surface area contributed by atoms with E-state index in [0.29, 0.717) is 5.75 Å². The van der Waals surface area contributed by atoms with Crippen LogP contribution in [-0.2, 0) is 24.0 Å². The van der Waals surface area contributed by atoms with E-state index in [9.17, 15) is 29.1 Å². The van der Waals surface area contributed by atoms with Crippen molar-refractivity contribution < 1.29 is 34.2 Å². The van der Waals surface area contributed by atoms with E-state index in [0.717, 1.165) is 0 Å². The number of carboxylic acids is 2. The summed E-state index contributed by atoms with van der Waals surface area (Å²) in [5, 5.41) is 25.5. The number of nitrogens with zero attached hydrogens (tertiary/aromatic N) is 1. The highest BCUT2D eigenvalue weighted by Crippen LogP contribution is 2.06. The third-order valence-corrected chi connectivity index (χ3v) is 4.93. The van der Waals surface area contributed by atoms with Crippen molar-refractivity contribution in [1.82, 2.24) is 16.0 Å². The molecule has 0 aliphatic carbocycles. The number of hydrogen-bond acceptors (Lipinski definition) is 8. The minimum Gasteiger partial charge on any atom is -0.481 e. The fourth-order valence-electron chi connectivity index (χ4n) is 2.60. The number of carbonyl (C=O) groups excluding carboxylic acids is 3. The monoisotopic (exact) mass is 491 g/mol.